The van der Waals surface area contributed by atoms with Gasteiger partial charge in [-0.25, -0.2) is 9.18 Å². The minimum atomic E-state index is -1.14. The predicted octanol–water partition coefficient (Wildman–Crippen LogP) is 4.76. The molecular weight excluding hydrogens is 302 g/mol. The maximum atomic E-state index is 12.8. The van der Waals surface area contributed by atoms with E-state index in [9.17, 15) is 14.3 Å². The van der Waals surface area contributed by atoms with E-state index in [0.717, 1.165) is 0 Å². The molecule has 0 heterocycles. The molecule has 0 aromatic heterocycles. The quantitative estimate of drug-likeness (QED) is 0.655. The van der Waals surface area contributed by atoms with Crippen molar-refractivity contribution in [2.75, 3.05) is 0 Å². The molecule has 2 rings (SSSR count). The van der Waals surface area contributed by atoms with Crippen molar-refractivity contribution in [3.8, 4) is 0 Å². The molecule has 2 nitrogen and oxygen atoms in total. The standard InChI is InChI=1S/C15H9Cl2FO2/c16-10-3-6-14(17)12(8-10)13(15(19)20)7-9-1-4-11(18)5-2-9/h1-8H,(H,19,20)/b13-7-. The van der Waals surface area contributed by atoms with Crippen LogP contribution in [0, 0.1) is 5.82 Å². The van der Waals surface area contributed by atoms with Crippen LogP contribution in [0.15, 0.2) is 42.5 Å². The molecule has 0 saturated heterocycles. The summed E-state index contributed by atoms with van der Waals surface area (Å²) in [6.07, 6.45) is 1.42. The van der Waals surface area contributed by atoms with E-state index in [4.69, 9.17) is 23.2 Å². The van der Waals surface area contributed by atoms with Gasteiger partial charge in [-0.05, 0) is 42.0 Å². The normalized spacial score (nSPS) is 11.4. The molecule has 0 fully saturated rings. The van der Waals surface area contributed by atoms with Crippen molar-refractivity contribution in [3.63, 3.8) is 0 Å². The van der Waals surface area contributed by atoms with Crippen LogP contribution in [0.25, 0.3) is 11.6 Å². The Kier molecular flexibility index (Phi) is 4.42. The zero-order valence-electron chi connectivity index (χ0n) is 10.1. The topological polar surface area (TPSA) is 37.3 Å². The number of benzene rings is 2. The maximum Gasteiger partial charge on any atom is 0.336 e. The average molecular weight is 311 g/mol. The molecule has 0 saturated carbocycles. The Bertz CT molecular complexity index is 679. The first-order valence-corrected chi connectivity index (χ1v) is 6.39. The van der Waals surface area contributed by atoms with Gasteiger partial charge in [-0.1, -0.05) is 35.3 Å². The first kappa shape index (κ1) is 14.6. The summed E-state index contributed by atoms with van der Waals surface area (Å²) < 4.78 is 12.8. The van der Waals surface area contributed by atoms with E-state index in [1.165, 1.54) is 42.5 Å². The van der Waals surface area contributed by atoms with Crippen LogP contribution < -0.4 is 0 Å². The molecule has 20 heavy (non-hydrogen) atoms. The molecule has 0 radical (unpaired) electrons. The van der Waals surface area contributed by atoms with Gasteiger partial charge in [0.1, 0.15) is 5.82 Å². The molecule has 5 heteroatoms. The average Bonchev–Trinajstić information content (AvgIpc) is 2.41. The Hall–Kier alpha value is -1.84. The fourth-order valence-electron chi connectivity index (χ4n) is 1.68. The van der Waals surface area contributed by atoms with E-state index < -0.39 is 5.97 Å². The molecule has 0 aliphatic rings. The summed E-state index contributed by atoms with van der Waals surface area (Å²) >= 11 is 11.9. The highest BCUT2D eigenvalue weighted by molar-refractivity contribution is 6.37. The smallest absolute Gasteiger partial charge is 0.336 e. The van der Waals surface area contributed by atoms with E-state index in [-0.39, 0.29) is 16.4 Å². The van der Waals surface area contributed by atoms with E-state index in [1.54, 1.807) is 6.07 Å². The van der Waals surface area contributed by atoms with Crippen LogP contribution in [0.2, 0.25) is 10.0 Å². The number of hydrogen-bond donors (Lipinski definition) is 1. The van der Waals surface area contributed by atoms with Crippen molar-refractivity contribution in [3.05, 3.63) is 69.5 Å². The maximum absolute atomic E-state index is 12.8. The zero-order chi connectivity index (χ0) is 14.7. The molecule has 0 unspecified atom stereocenters. The van der Waals surface area contributed by atoms with Crippen LogP contribution >= 0.6 is 23.2 Å². The molecule has 1 N–H and O–H groups in total. The predicted molar refractivity (Wildman–Crippen MR) is 78.4 cm³/mol. The summed E-state index contributed by atoms with van der Waals surface area (Å²) in [5.74, 6) is -1.53. The lowest BCUT2D eigenvalue weighted by molar-refractivity contribution is -0.130. The number of carboxylic acids is 1. The van der Waals surface area contributed by atoms with Gasteiger partial charge in [0.05, 0.1) is 5.57 Å². The molecule has 2 aromatic carbocycles. The van der Waals surface area contributed by atoms with Crippen LogP contribution in [-0.2, 0) is 4.79 Å². The molecular formula is C15H9Cl2FO2. The largest absolute Gasteiger partial charge is 0.478 e. The van der Waals surface area contributed by atoms with Crippen LogP contribution in [0.3, 0.4) is 0 Å². The van der Waals surface area contributed by atoms with Gasteiger partial charge in [-0.2, -0.15) is 0 Å². The Morgan fingerprint density at radius 3 is 2.35 bits per heavy atom. The molecule has 0 bridgehead atoms. The highest BCUT2D eigenvalue weighted by atomic mass is 35.5. The van der Waals surface area contributed by atoms with Crippen LogP contribution in [0.1, 0.15) is 11.1 Å². The first-order valence-electron chi connectivity index (χ1n) is 5.63. The second-order valence-corrected chi connectivity index (χ2v) is 4.88. The van der Waals surface area contributed by atoms with Gasteiger partial charge < -0.3 is 5.11 Å². The molecule has 102 valence electrons. The SMILES string of the molecule is O=C(O)/C(=C\c1ccc(F)cc1)c1cc(Cl)ccc1Cl. The number of carbonyl (C=O) groups is 1. The monoisotopic (exact) mass is 310 g/mol. The summed E-state index contributed by atoms with van der Waals surface area (Å²) in [5, 5.41) is 9.98. The summed E-state index contributed by atoms with van der Waals surface area (Å²) in [6.45, 7) is 0. The molecule has 0 spiro atoms. The molecule has 2 aromatic rings. The number of carboxylic acid groups (broad SMARTS) is 1. The van der Waals surface area contributed by atoms with Gasteiger partial charge in [-0.15, -0.1) is 0 Å². The van der Waals surface area contributed by atoms with Crippen LogP contribution in [0.4, 0.5) is 4.39 Å². The first-order chi connectivity index (χ1) is 9.47. The fraction of sp³-hybridized carbons (Fsp3) is 0. The summed E-state index contributed by atoms with van der Waals surface area (Å²) in [7, 11) is 0. The third kappa shape index (κ3) is 3.38. The molecule has 0 amide bonds. The minimum Gasteiger partial charge on any atom is -0.478 e. The number of aliphatic carboxylic acids is 1. The fourth-order valence-corrected chi connectivity index (χ4v) is 2.08. The van der Waals surface area contributed by atoms with Gasteiger partial charge in [0, 0.05) is 15.6 Å². The van der Waals surface area contributed by atoms with E-state index >= 15 is 0 Å². The van der Waals surface area contributed by atoms with Crippen molar-refractivity contribution in [2.45, 2.75) is 0 Å². The van der Waals surface area contributed by atoms with E-state index in [2.05, 4.69) is 0 Å². The number of hydrogen-bond acceptors (Lipinski definition) is 1. The lowest BCUT2D eigenvalue weighted by Crippen LogP contribution is -2.00. The van der Waals surface area contributed by atoms with Crippen LogP contribution in [-0.4, -0.2) is 11.1 Å². The van der Waals surface area contributed by atoms with Crippen molar-refractivity contribution in [2.24, 2.45) is 0 Å². The third-order valence-electron chi connectivity index (χ3n) is 2.63. The second-order valence-electron chi connectivity index (χ2n) is 4.04. The Morgan fingerprint density at radius 2 is 1.75 bits per heavy atom. The minimum absolute atomic E-state index is 0.0101. The van der Waals surface area contributed by atoms with Crippen molar-refractivity contribution in [1.82, 2.24) is 0 Å². The number of halogens is 3. The lowest BCUT2D eigenvalue weighted by Gasteiger charge is -2.06. The Morgan fingerprint density at radius 1 is 1.10 bits per heavy atom. The third-order valence-corrected chi connectivity index (χ3v) is 3.19. The summed E-state index contributed by atoms with van der Waals surface area (Å²) in [6, 6.07) is 10.1. The molecule has 0 aliphatic carbocycles. The Balaban J connectivity index is 2.54. The van der Waals surface area contributed by atoms with Crippen molar-refractivity contribution in [1.29, 1.82) is 0 Å². The van der Waals surface area contributed by atoms with Gasteiger partial charge in [0.2, 0.25) is 0 Å². The van der Waals surface area contributed by atoms with E-state index in [0.29, 0.717) is 16.1 Å². The van der Waals surface area contributed by atoms with Gasteiger partial charge in [-0.3, -0.25) is 0 Å². The van der Waals surface area contributed by atoms with Gasteiger partial charge in [0.25, 0.3) is 0 Å². The highest BCUT2D eigenvalue weighted by Gasteiger charge is 2.14. The lowest BCUT2D eigenvalue weighted by atomic mass is 10.0. The summed E-state index contributed by atoms with van der Waals surface area (Å²) in [5.41, 5.74) is 0.861. The van der Waals surface area contributed by atoms with E-state index in [1.807, 2.05) is 0 Å². The highest BCUT2D eigenvalue weighted by Crippen LogP contribution is 2.28. The number of rotatable bonds is 3. The molecule has 0 atom stereocenters. The zero-order valence-corrected chi connectivity index (χ0v) is 11.6. The Labute approximate surface area is 125 Å². The van der Waals surface area contributed by atoms with Gasteiger partial charge >= 0.3 is 5.97 Å². The summed E-state index contributed by atoms with van der Waals surface area (Å²) in [4.78, 5) is 11.4. The molecule has 0 aliphatic heterocycles. The van der Waals surface area contributed by atoms with Crippen molar-refractivity contribution < 1.29 is 14.3 Å². The van der Waals surface area contributed by atoms with Crippen molar-refractivity contribution >= 4 is 40.8 Å². The van der Waals surface area contributed by atoms with Gasteiger partial charge in [0.15, 0.2) is 0 Å². The van der Waals surface area contributed by atoms with Crippen LogP contribution in [0.5, 0.6) is 0 Å². The second kappa shape index (κ2) is 6.07.